The van der Waals surface area contributed by atoms with Crippen molar-refractivity contribution >= 4 is 33.9 Å². The monoisotopic (exact) mass is 673 g/mol. The van der Waals surface area contributed by atoms with E-state index in [2.05, 4.69) is 0 Å². The first-order chi connectivity index (χ1) is 23.5. The lowest BCUT2D eigenvalue weighted by Crippen LogP contribution is -2.51. The van der Waals surface area contributed by atoms with Gasteiger partial charge in [-0.3, -0.25) is 9.59 Å². The number of carbonyl (C=O) groups is 2. The zero-order chi connectivity index (χ0) is 33.9. The second kappa shape index (κ2) is 11.0. The van der Waals surface area contributed by atoms with Gasteiger partial charge in [0.1, 0.15) is 17.0 Å². The number of hydrogen-bond donors (Lipinski definition) is 1. The van der Waals surface area contributed by atoms with Crippen molar-refractivity contribution in [1.82, 2.24) is 28.9 Å². The van der Waals surface area contributed by atoms with E-state index < -0.39 is 18.3 Å². The lowest BCUT2D eigenvalue weighted by molar-refractivity contribution is -0.133. The van der Waals surface area contributed by atoms with Gasteiger partial charge in [-0.15, -0.1) is 0 Å². The quantitative estimate of drug-likeness (QED) is 0.269. The summed E-state index contributed by atoms with van der Waals surface area (Å²) in [6, 6.07) is 8.08. The summed E-state index contributed by atoms with van der Waals surface area (Å²) in [5, 5.41) is 0.659. The highest BCUT2D eigenvalue weighted by molar-refractivity contribution is 5.98. The largest absolute Gasteiger partial charge is 0.337 e. The lowest BCUT2D eigenvalue weighted by Gasteiger charge is -2.37. The van der Waals surface area contributed by atoms with Crippen molar-refractivity contribution in [3.63, 3.8) is 0 Å². The van der Waals surface area contributed by atoms with Gasteiger partial charge in [-0.25, -0.2) is 23.1 Å². The molecule has 49 heavy (non-hydrogen) atoms. The highest BCUT2D eigenvalue weighted by Crippen LogP contribution is 2.47. The molecule has 1 aromatic carbocycles. The fourth-order valence-electron chi connectivity index (χ4n) is 8.95. The number of hydrogen-bond acceptors (Lipinski definition) is 5. The molecule has 2 N–H and O–H groups in total. The summed E-state index contributed by atoms with van der Waals surface area (Å²) in [6.45, 7) is 1.76. The maximum absolute atomic E-state index is 16.2. The van der Waals surface area contributed by atoms with Gasteiger partial charge in [-0.2, -0.15) is 0 Å². The Balaban J connectivity index is 1.17. The van der Waals surface area contributed by atoms with Crippen LogP contribution in [0.5, 0.6) is 0 Å². The second-order valence-electron chi connectivity index (χ2n) is 15.5. The van der Waals surface area contributed by atoms with Crippen molar-refractivity contribution in [3.05, 3.63) is 47.4 Å². The summed E-state index contributed by atoms with van der Waals surface area (Å²) < 4.78 is 51.4. The maximum atomic E-state index is 16.2. The predicted molar refractivity (Wildman–Crippen MR) is 178 cm³/mol. The van der Waals surface area contributed by atoms with E-state index in [1.165, 1.54) is 10.6 Å². The van der Waals surface area contributed by atoms with Crippen LogP contribution in [0, 0.1) is 23.6 Å². The highest BCUT2D eigenvalue weighted by Gasteiger charge is 2.46. The third kappa shape index (κ3) is 5.15. The van der Waals surface area contributed by atoms with Gasteiger partial charge < -0.3 is 24.7 Å². The van der Waals surface area contributed by atoms with Gasteiger partial charge in [-0.05, 0) is 100 Å². The molecule has 3 aromatic heterocycles. The molecule has 258 valence electrons. The zero-order valence-electron chi connectivity index (χ0n) is 27.9. The van der Waals surface area contributed by atoms with Crippen molar-refractivity contribution < 1.29 is 22.8 Å². The van der Waals surface area contributed by atoms with E-state index in [-0.39, 0.29) is 65.3 Å². The fraction of sp³-hybridized carbons (Fsp3) is 0.568. The van der Waals surface area contributed by atoms with Crippen molar-refractivity contribution in [1.29, 1.82) is 0 Å². The molecular formula is C37H42F3N7O2. The molecule has 0 radical (unpaired) electrons. The van der Waals surface area contributed by atoms with Gasteiger partial charge in [0.2, 0.25) is 5.91 Å². The number of imidazole rings is 1. The van der Waals surface area contributed by atoms with Crippen molar-refractivity contribution in [3.8, 4) is 11.5 Å². The first-order valence-corrected chi connectivity index (χ1v) is 17.9. The van der Waals surface area contributed by atoms with E-state index in [0.717, 1.165) is 38.5 Å². The standard InChI is InChI=1S/C37H42F3N7O2/c1-19-29-10-6-22-16-31(46(33(22)42-29)18-37(39,40)11-3-4-20-13-26(20)36(49)44(19)2)34-43-30-15-23(14-27(38)32(30)47(34)24-8-9-24)35(48)45-17-28(41)21-5-7-25(45)12-21/h6,10,14-16,19-21,24-26,28H,3-5,7-9,11-13,17-18,41H2,1-2H3/t19-,20+,21-,25+,26-,28+/m1/s1. The Bertz CT molecular complexity index is 2020. The van der Waals surface area contributed by atoms with E-state index in [1.807, 2.05) is 29.7 Å². The lowest BCUT2D eigenvalue weighted by atomic mass is 9.94. The summed E-state index contributed by atoms with van der Waals surface area (Å²) >= 11 is 0. The molecule has 4 bridgehead atoms. The molecule has 5 aliphatic rings. The number of piperidine rings is 1. The number of fused-ring (bicyclic) bond motifs is 5. The molecule has 12 heteroatoms. The Morgan fingerprint density at radius 3 is 2.59 bits per heavy atom. The van der Waals surface area contributed by atoms with Gasteiger partial charge in [0.25, 0.3) is 11.8 Å². The van der Waals surface area contributed by atoms with Crippen molar-refractivity contribution in [2.45, 2.75) is 101 Å². The summed E-state index contributed by atoms with van der Waals surface area (Å²) in [7, 11) is 1.79. The molecule has 4 aromatic rings. The van der Waals surface area contributed by atoms with E-state index in [9.17, 15) is 9.59 Å². The smallest absolute Gasteiger partial charge is 0.265 e. The molecule has 0 unspecified atom stereocenters. The molecule has 9 rings (SSSR count). The maximum Gasteiger partial charge on any atom is 0.265 e. The van der Waals surface area contributed by atoms with Crippen molar-refractivity contribution in [2.75, 3.05) is 13.6 Å². The topological polar surface area (TPSA) is 102 Å². The van der Waals surface area contributed by atoms with Crippen LogP contribution in [0.1, 0.15) is 92.8 Å². The highest BCUT2D eigenvalue weighted by atomic mass is 19.3. The number of rotatable bonds is 3. The fourth-order valence-corrected chi connectivity index (χ4v) is 8.95. The molecule has 0 spiro atoms. The normalized spacial score (nSPS) is 29.9. The molecule has 2 aliphatic heterocycles. The number of nitrogens with zero attached hydrogens (tertiary/aromatic N) is 6. The molecule has 4 fully saturated rings. The van der Waals surface area contributed by atoms with Crippen LogP contribution in [0.15, 0.2) is 30.3 Å². The number of carbonyl (C=O) groups excluding carboxylic acids is 2. The van der Waals surface area contributed by atoms with E-state index in [1.54, 1.807) is 22.9 Å². The second-order valence-corrected chi connectivity index (χ2v) is 15.5. The molecule has 5 heterocycles. The average molecular weight is 674 g/mol. The number of pyridine rings is 1. The molecule has 9 nitrogen and oxygen atoms in total. The minimum absolute atomic E-state index is 0.0351. The van der Waals surface area contributed by atoms with Gasteiger partial charge in [0.15, 0.2) is 5.82 Å². The number of benzene rings is 1. The van der Waals surface area contributed by atoms with Crippen molar-refractivity contribution in [2.24, 2.45) is 23.5 Å². The molecular weight excluding hydrogens is 631 g/mol. The minimum atomic E-state index is -3.05. The zero-order valence-corrected chi connectivity index (χ0v) is 27.9. The van der Waals surface area contributed by atoms with Gasteiger partial charge in [0.05, 0.1) is 29.5 Å². The Morgan fingerprint density at radius 1 is 1.00 bits per heavy atom. The summed E-state index contributed by atoms with van der Waals surface area (Å²) in [5.41, 5.74) is 8.63. The predicted octanol–water partition coefficient (Wildman–Crippen LogP) is 6.45. The van der Waals surface area contributed by atoms with Crippen LogP contribution in [0.3, 0.4) is 0 Å². The Hall–Kier alpha value is -3.93. The first-order valence-electron chi connectivity index (χ1n) is 17.9. The van der Waals surface area contributed by atoms with Crippen LogP contribution in [-0.2, 0) is 11.3 Å². The number of amides is 2. The Morgan fingerprint density at radius 2 is 1.80 bits per heavy atom. The summed E-state index contributed by atoms with van der Waals surface area (Å²) in [5.74, 6) is -2.98. The third-order valence-corrected chi connectivity index (χ3v) is 12.2. The van der Waals surface area contributed by atoms with Gasteiger partial charge in [0, 0.05) is 55.0 Å². The number of alkyl halides is 2. The molecule has 1 saturated heterocycles. The van der Waals surface area contributed by atoms with Crippen LogP contribution in [0.25, 0.3) is 33.6 Å². The van der Waals surface area contributed by atoms with Crippen LogP contribution in [0.4, 0.5) is 13.2 Å². The minimum Gasteiger partial charge on any atom is -0.337 e. The van der Waals surface area contributed by atoms with Gasteiger partial charge >= 0.3 is 0 Å². The molecule has 3 saturated carbocycles. The number of aromatic nitrogens is 4. The number of nitrogens with two attached hydrogens (primary N) is 1. The summed E-state index contributed by atoms with van der Waals surface area (Å²) in [6.07, 6.45) is 5.73. The number of likely N-dealkylation sites (tertiary alicyclic amines) is 1. The SMILES string of the molecule is C[C@@H]1c2ccc3cc(-c4nc5cc(C(=O)N6C[C@H](N)[C@@H]7CC[C@H]6C7)cc(F)c5n4C4CC4)n(c3n2)CC(F)(F)CCC[C@H]2C[C@H]2C(=O)N1C. The Kier molecular flexibility index (Phi) is 7.00. The molecule has 3 aliphatic carbocycles. The van der Waals surface area contributed by atoms with Gasteiger partial charge in [-0.1, -0.05) is 0 Å². The Labute approximate surface area is 282 Å². The van der Waals surface area contributed by atoms with E-state index in [0.29, 0.717) is 59.1 Å². The molecule has 6 atom stereocenters. The van der Waals surface area contributed by atoms with Crippen LogP contribution in [0.2, 0.25) is 0 Å². The summed E-state index contributed by atoms with van der Waals surface area (Å²) in [4.78, 5) is 40.4. The van der Waals surface area contributed by atoms with Crippen LogP contribution < -0.4 is 5.73 Å². The molecule has 2 amide bonds. The van der Waals surface area contributed by atoms with Crippen LogP contribution in [-0.4, -0.2) is 72.3 Å². The van der Waals surface area contributed by atoms with E-state index >= 15 is 13.2 Å². The first kappa shape index (κ1) is 31.1. The van der Waals surface area contributed by atoms with Crippen LogP contribution >= 0.6 is 0 Å². The average Bonchev–Trinajstić information content (AvgIpc) is 3.95. The van der Waals surface area contributed by atoms with E-state index in [4.69, 9.17) is 15.7 Å². The number of halogens is 3. The third-order valence-electron chi connectivity index (χ3n) is 12.2.